The summed E-state index contributed by atoms with van der Waals surface area (Å²) in [6, 6.07) is 12.5. The Bertz CT molecular complexity index is 1620. The lowest BCUT2D eigenvalue weighted by molar-refractivity contribution is -0.122. The Hall–Kier alpha value is -3.66. The van der Waals surface area contributed by atoms with E-state index in [0.29, 0.717) is 22.7 Å². The highest BCUT2D eigenvalue weighted by molar-refractivity contribution is 6.31. The molecular weight excluding hydrogens is 596 g/mol. The minimum Gasteiger partial charge on any atom is -0.495 e. The van der Waals surface area contributed by atoms with Crippen LogP contribution in [0.1, 0.15) is 54.6 Å². The fourth-order valence-electron chi connectivity index (χ4n) is 6.40. The molecule has 5 rings (SSSR count). The molecule has 1 fully saturated rings. The first kappa shape index (κ1) is 30.8. The fraction of sp³-hybridized carbons (Fsp3) is 0.344. The Morgan fingerprint density at radius 1 is 1.07 bits per heavy atom. The van der Waals surface area contributed by atoms with Gasteiger partial charge in [-0.15, -0.1) is 0 Å². The van der Waals surface area contributed by atoms with Gasteiger partial charge in [-0.05, 0) is 59.4 Å². The number of carbonyl (C=O) groups is 3. The highest BCUT2D eigenvalue weighted by Crippen LogP contribution is 2.57. The molecule has 4 atom stereocenters. The van der Waals surface area contributed by atoms with Crippen LogP contribution in [0.3, 0.4) is 0 Å². The second-order valence-electron chi connectivity index (χ2n) is 12.0. The Kier molecular flexibility index (Phi) is 8.19. The van der Waals surface area contributed by atoms with Gasteiger partial charge in [0.15, 0.2) is 0 Å². The van der Waals surface area contributed by atoms with Gasteiger partial charge in [0.25, 0.3) is 0 Å². The molecule has 3 aromatic rings. The minimum absolute atomic E-state index is 0.124. The van der Waals surface area contributed by atoms with Crippen LogP contribution >= 0.6 is 23.2 Å². The van der Waals surface area contributed by atoms with Crippen LogP contribution in [-0.4, -0.2) is 44.1 Å². The number of rotatable bonds is 6. The normalized spacial score (nSPS) is 22.7. The SMILES string of the molecule is COC(=O)c1ccc(NC(=O)[C@@H]2N[C@H](CC(C)(C)C)[C@]3(C(=O)Nc4cc(Cl)ccc43)C2c2cccc(Cl)c2F)c(OC)c1. The monoisotopic (exact) mass is 627 g/mol. The zero-order chi connectivity index (χ0) is 31.3. The summed E-state index contributed by atoms with van der Waals surface area (Å²) in [4.78, 5) is 40.5. The summed E-state index contributed by atoms with van der Waals surface area (Å²) in [5.41, 5.74) is 0.0914. The summed E-state index contributed by atoms with van der Waals surface area (Å²) in [5, 5.41) is 9.56. The third-order valence-corrected chi connectivity index (χ3v) is 8.63. The largest absolute Gasteiger partial charge is 0.495 e. The summed E-state index contributed by atoms with van der Waals surface area (Å²) in [5.74, 6) is -2.96. The number of methoxy groups -OCH3 is 2. The van der Waals surface area contributed by atoms with E-state index in [0.717, 1.165) is 0 Å². The maximum atomic E-state index is 16.0. The minimum atomic E-state index is -1.39. The maximum Gasteiger partial charge on any atom is 0.337 e. The van der Waals surface area contributed by atoms with E-state index in [1.807, 2.05) is 20.8 Å². The molecule has 1 spiro atoms. The van der Waals surface area contributed by atoms with E-state index in [9.17, 15) is 14.4 Å². The van der Waals surface area contributed by atoms with Crippen molar-refractivity contribution in [1.29, 1.82) is 0 Å². The molecule has 3 N–H and O–H groups in total. The van der Waals surface area contributed by atoms with Crippen LogP contribution in [0.15, 0.2) is 54.6 Å². The Morgan fingerprint density at radius 3 is 2.49 bits per heavy atom. The van der Waals surface area contributed by atoms with E-state index < -0.39 is 41.1 Å². The van der Waals surface area contributed by atoms with E-state index in [4.69, 9.17) is 32.7 Å². The molecule has 3 aromatic carbocycles. The van der Waals surface area contributed by atoms with Gasteiger partial charge < -0.3 is 25.4 Å². The standard InChI is InChI=1S/C32H32Cl2FN3O5/c1-31(2,3)15-24-32(19-11-10-17(33)14-22(19)37-30(32)41)25(18-7-6-8-20(34)26(18)35)27(38-24)28(39)36-21-12-9-16(29(40)43-5)13-23(21)42-4/h6-14,24-25,27,38H,15H2,1-5H3,(H,36,39)(H,37,41)/t24-,25?,27-,32+/m1/s1. The predicted molar refractivity (Wildman–Crippen MR) is 164 cm³/mol. The van der Waals surface area contributed by atoms with Crippen LogP contribution in [0, 0.1) is 11.2 Å². The quantitative estimate of drug-likeness (QED) is 0.276. The van der Waals surface area contributed by atoms with Gasteiger partial charge >= 0.3 is 5.97 Å². The van der Waals surface area contributed by atoms with Crippen LogP contribution in [0.2, 0.25) is 10.0 Å². The topological polar surface area (TPSA) is 106 Å². The van der Waals surface area contributed by atoms with Crippen molar-refractivity contribution in [3.63, 3.8) is 0 Å². The number of fused-ring (bicyclic) bond motifs is 2. The third-order valence-electron chi connectivity index (χ3n) is 8.10. The highest BCUT2D eigenvalue weighted by Gasteiger charge is 2.66. The molecule has 0 aliphatic carbocycles. The van der Waals surface area contributed by atoms with Crippen molar-refractivity contribution in [3.05, 3.63) is 87.2 Å². The van der Waals surface area contributed by atoms with Crippen LogP contribution in [-0.2, 0) is 19.7 Å². The molecule has 2 aliphatic heterocycles. The average Bonchev–Trinajstić information content (AvgIpc) is 3.43. The number of carbonyl (C=O) groups excluding carboxylic acids is 3. The molecule has 8 nitrogen and oxygen atoms in total. The van der Waals surface area contributed by atoms with Gasteiger partial charge in [0.2, 0.25) is 11.8 Å². The summed E-state index contributed by atoms with van der Waals surface area (Å²) in [7, 11) is 2.67. The van der Waals surface area contributed by atoms with Crippen LogP contribution in [0.25, 0.3) is 0 Å². The van der Waals surface area contributed by atoms with Crippen molar-refractivity contribution in [2.75, 3.05) is 24.9 Å². The second-order valence-corrected chi connectivity index (χ2v) is 12.8. The summed E-state index contributed by atoms with van der Waals surface area (Å²) < 4.78 is 26.2. The number of amides is 2. The van der Waals surface area contributed by atoms with E-state index in [2.05, 4.69) is 16.0 Å². The molecule has 0 bridgehead atoms. The van der Waals surface area contributed by atoms with Gasteiger partial charge in [-0.1, -0.05) is 62.2 Å². The molecular formula is C32H32Cl2FN3O5. The summed E-state index contributed by atoms with van der Waals surface area (Å²) in [6.45, 7) is 6.11. The van der Waals surface area contributed by atoms with Crippen molar-refractivity contribution in [1.82, 2.24) is 5.32 Å². The lowest BCUT2D eigenvalue weighted by atomic mass is 9.62. The van der Waals surface area contributed by atoms with Crippen LogP contribution in [0.5, 0.6) is 5.75 Å². The molecule has 11 heteroatoms. The van der Waals surface area contributed by atoms with Crippen molar-refractivity contribution >= 4 is 52.4 Å². The maximum absolute atomic E-state index is 16.0. The number of hydrogen-bond donors (Lipinski definition) is 3. The van der Waals surface area contributed by atoms with Crippen molar-refractivity contribution in [3.8, 4) is 5.75 Å². The zero-order valence-corrected chi connectivity index (χ0v) is 25.8. The van der Waals surface area contributed by atoms with Gasteiger partial charge in [-0.3, -0.25) is 9.59 Å². The molecule has 0 aromatic heterocycles. The van der Waals surface area contributed by atoms with Gasteiger partial charge in [0.1, 0.15) is 17.0 Å². The molecule has 0 radical (unpaired) electrons. The number of halogens is 3. The van der Waals surface area contributed by atoms with E-state index in [-0.39, 0.29) is 38.9 Å². The van der Waals surface area contributed by atoms with Crippen molar-refractivity contribution < 1.29 is 28.2 Å². The molecule has 1 unspecified atom stereocenters. The lowest BCUT2D eigenvalue weighted by Gasteiger charge is -2.37. The highest BCUT2D eigenvalue weighted by atomic mass is 35.5. The molecule has 1 saturated heterocycles. The summed E-state index contributed by atoms with van der Waals surface area (Å²) >= 11 is 12.6. The third kappa shape index (κ3) is 5.34. The zero-order valence-electron chi connectivity index (χ0n) is 24.3. The average molecular weight is 629 g/mol. The van der Waals surface area contributed by atoms with E-state index in [1.165, 1.54) is 38.5 Å². The van der Waals surface area contributed by atoms with Crippen molar-refractivity contribution in [2.24, 2.45) is 5.41 Å². The van der Waals surface area contributed by atoms with Crippen LogP contribution in [0.4, 0.5) is 15.8 Å². The first-order chi connectivity index (χ1) is 20.3. The molecule has 0 saturated carbocycles. The van der Waals surface area contributed by atoms with Gasteiger partial charge in [-0.25, -0.2) is 9.18 Å². The fourth-order valence-corrected chi connectivity index (χ4v) is 6.76. The molecule has 2 amide bonds. The smallest absolute Gasteiger partial charge is 0.337 e. The molecule has 226 valence electrons. The van der Waals surface area contributed by atoms with Gasteiger partial charge in [0.05, 0.1) is 36.5 Å². The Labute approximate surface area is 259 Å². The van der Waals surface area contributed by atoms with E-state index >= 15 is 4.39 Å². The van der Waals surface area contributed by atoms with Crippen molar-refractivity contribution in [2.45, 2.75) is 50.6 Å². The number of esters is 1. The number of hydrogen-bond acceptors (Lipinski definition) is 6. The summed E-state index contributed by atoms with van der Waals surface area (Å²) in [6.07, 6.45) is 0.474. The van der Waals surface area contributed by atoms with E-state index in [1.54, 1.807) is 30.3 Å². The Balaban J connectivity index is 1.68. The molecule has 2 heterocycles. The number of anilines is 2. The van der Waals surface area contributed by atoms with Gasteiger partial charge in [0, 0.05) is 22.7 Å². The number of benzene rings is 3. The predicted octanol–water partition coefficient (Wildman–Crippen LogP) is 6.32. The number of ether oxygens (including phenoxy) is 2. The lowest BCUT2D eigenvalue weighted by Crippen LogP contribution is -2.49. The second kappa shape index (κ2) is 11.4. The Morgan fingerprint density at radius 2 is 1.81 bits per heavy atom. The first-order valence-electron chi connectivity index (χ1n) is 13.7. The molecule has 2 aliphatic rings. The van der Waals surface area contributed by atoms with Crippen LogP contribution < -0.4 is 20.7 Å². The first-order valence-corrected chi connectivity index (χ1v) is 14.5. The molecule has 43 heavy (non-hydrogen) atoms. The number of nitrogens with one attached hydrogen (secondary N) is 3. The van der Waals surface area contributed by atoms with Gasteiger partial charge in [-0.2, -0.15) is 0 Å².